The number of allylic oxidation sites excluding steroid dienone is 3. The van der Waals surface area contributed by atoms with E-state index in [1.54, 1.807) is 12.1 Å². The number of halogens is 2. The highest BCUT2D eigenvalue weighted by atomic mass is 79.9. The van der Waals surface area contributed by atoms with Crippen LogP contribution < -0.4 is 10.1 Å². The van der Waals surface area contributed by atoms with Crippen molar-refractivity contribution in [3.8, 4) is 11.5 Å². The summed E-state index contributed by atoms with van der Waals surface area (Å²) in [5.74, 6) is -1.08. The molecule has 0 saturated heterocycles. The summed E-state index contributed by atoms with van der Waals surface area (Å²) < 4.78 is 16.9. The molecule has 38 heavy (non-hydrogen) atoms. The number of hydrogen-bond acceptors (Lipinski definition) is 7. The van der Waals surface area contributed by atoms with Crippen molar-refractivity contribution in [2.75, 3.05) is 26.4 Å². The highest BCUT2D eigenvalue weighted by Gasteiger charge is 2.42. The van der Waals surface area contributed by atoms with Crippen molar-refractivity contribution >= 4 is 39.3 Å². The first-order chi connectivity index (χ1) is 18.2. The number of hydrogen-bond donors (Lipinski definition) is 2. The number of benzene rings is 2. The number of Topliss-reactive ketones (excluding diaryl/α,β-unsaturated/α-hetero) is 1. The van der Waals surface area contributed by atoms with Crippen LogP contribution in [-0.4, -0.2) is 43.3 Å². The fourth-order valence-electron chi connectivity index (χ4n) is 5.05. The van der Waals surface area contributed by atoms with Gasteiger partial charge in [0.05, 0.1) is 23.3 Å². The molecule has 2 N–H and O–H groups in total. The normalized spacial score (nSPS) is 19.2. The van der Waals surface area contributed by atoms with Crippen molar-refractivity contribution in [2.24, 2.45) is 0 Å². The van der Waals surface area contributed by atoms with E-state index in [0.717, 1.165) is 11.3 Å². The van der Waals surface area contributed by atoms with Gasteiger partial charge in [0.1, 0.15) is 6.61 Å². The van der Waals surface area contributed by atoms with E-state index < -0.39 is 11.9 Å². The molecule has 4 rings (SSSR count). The smallest absolute Gasteiger partial charge is 0.336 e. The summed E-state index contributed by atoms with van der Waals surface area (Å²) in [5, 5.41) is 14.5. The maximum Gasteiger partial charge on any atom is 0.336 e. The van der Waals surface area contributed by atoms with Gasteiger partial charge in [0.15, 0.2) is 17.3 Å². The Hall–Kier alpha value is -2.81. The molecule has 9 heteroatoms. The summed E-state index contributed by atoms with van der Waals surface area (Å²) in [6.45, 7) is 6.73. The Kier molecular flexibility index (Phi) is 9.18. The van der Waals surface area contributed by atoms with Gasteiger partial charge in [-0.1, -0.05) is 23.7 Å². The monoisotopic (exact) mass is 603 g/mol. The van der Waals surface area contributed by atoms with Crippen LogP contribution in [0.5, 0.6) is 11.5 Å². The minimum Gasteiger partial charge on any atom is -0.503 e. The standard InChI is InChI=1S/C29H31BrClNO6/c1-4-36-10-11-38-29(35)25-16(3)32-22-13-18(17-6-8-20(31)9-7-17)14-23(33)27(22)26(25)19-12-21(30)28(34)24(15-19)37-5-2/h6-9,12,15,18,26,32,34H,4-5,10-11,13-14H2,1-3H3/t18-,26+/m0/s1. The largest absolute Gasteiger partial charge is 0.503 e. The third-order valence-electron chi connectivity index (χ3n) is 6.74. The van der Waals surface area contributed by atoms with Gasteiger partial charge in [-0.3, -0.25) is 4.79 Å². The van der Waals surface area contributed by atoms with E-state index in [2.05, 4.69) is 21.2 Å². The summed E-state index contributed by atoms with van der Waals surface area (Å²) in [7, 11) is 0. The van der Waals surface area contributed by atoms with Crippen LogP contribution in [0, 0.1) is 0 Å². The molecule has 7 nitrogen and oxygen atoms in total. The van der Waals surface area contributed by atoms with Crippen molar-refractivity contribution in [3.63, 3.8) is 0 Å². The molecule has 2 aromatic carbocycles. The first kappa shape index (κ1) is 28.2. The highest BCUT2D eigenvalue weighted by Crippen LogP contribution is 2.48. The Balaban J connectivity index is 1.78. The quantitative estimate of drug-likeness (QED) is 0.262. The molecule has 2 aromatic rings. The second kappa shape index (κ2) is 12.4. The first-order valence-electron chi connectivity index (χ1n) is 12.6. The molecule has 0 amide bonds. The van der Waals surface area contributed by atoms with Crippen LogP contribution in [0.3, 0.4) is 0 Å². The SMILES string of the molecule is CCOCCOC(=O)C1=C(C)NC2=C(C(=O)C[C@@H](c3ccc(Cl)cc3)C2)[C@@H]1c1cc(Br)c(O)c(OCC)c1. The number of carbonyl (C=O) groups is 2. The van der Waals surface area contributed by atoms with Gasteiger partial charge in [-0.25, -0.2) is 4.79 Å². The number of nitrogens with one attached hydrogen (secondary N) is 1. The average Bonchev–Trinajstić information content (AvgIpc) is 2.88. The van der Waals surface area contributed by atoms with E-state index in [9.17, 15) is 14.7 Å². The molecule has 0 unspecified atom stereocenters. The third kappa shape index (κ3) is 5.92. The number of esters is 1. The van der Waals surface area contributed by atoms with Gasteiger partial charge in [-0.05, 0) is 84.4 Å². The molecule has 1 aliphatic carbocycles. The second-order valence-electron chi connectivity index (χ2n) is 9.18. The number of ether oxygens (including phenoxy) is 3. The summed E-state index contributed by atoms with van der Waals surface area (Å²) in [5.41, 5.74) is 3.93. The zero-order valence-electron chi connectivity index (χ0n) is 21.6. The van der Waals surface area contributed by atoms with Crippen LogP contribution >= 0.6 is 27.5 Å². The van der Waals surface area contributed by atoms with Crippen molar-refractivity contribution in [2.45, 2.75) is 45.4 Å². The summed E-state index contributed by atoms with van der Waals surface area (Å²) in [4.78, 5) is 27.2. The molecule has 202 valence electrons. The van der Waals surface area contributed by atoms with Crippen LogP contribution in [0.2, 0.25) is 5.02 Å². The molecule has 0 fully saturated rings. The van der Waals surface area contributed by atoms with Gasteiger partial charge in [0.25, 0.3) is 0 Å². The predicted molar refractivity (Wildman–Crippen MR) is 148 cm³/mol. The van der Waals surface area contributed by atoms with E-state index in [1.165, 1.54) is 0 Å². The lowest BCUT2D eigenvalue weighted by Gasteiger charge is -2.37. The summed E-state index contributed by atoms with van der Waals surface area (Å²) >= 11 is 9.48. The minimum absolute atomic E-state index is 0.0234. The second-order valence-corrected chi connectivity index (χ2v) is 10.5. The lowest BCUT2D eigenvalue weighted by atomic mass is 9.71. The average molecular weight is 605 g/mol. The Morgan fingerprint density at radius 1 is 1.11 bits per heavy atom. The van der Waals surface area contributed by atoms with E-state index in [-0.39, 0.29) is 36.4 Å². The molecule has 1 heterocycles. The minimum atomic E-state index is -0.694. The van der Waals surface area contributed by atoms with Crippen LogP contribution in [0.4, 0.5) is 0 Å². The molecule has 1 aliphatic heterocycles. The Morgan fingerprint density at radius 2 is 1.84 bits per heavy atom. The van der Waals surface area contributed by atoms with Gasteiger partial charge in [-0.2, -0.15) is 0 Å². The predicted octanol–water partition coefficient (Wildman–Crippen LogP) is 6.15. The van der Waals surface area contributed by atoms with E-state index in [1.807, 2.05) is 45.0 Å². The first-order valence-corrected chi connectivity index (χ1v) is 13.8. The molecule has 0 saturated carbocycles. The molecule has 2 aliphatic rings. The third-order valence-corrected chi connectivity index (χ3v) is 7.59. The Morgan fingerprint density at radius 3 is 2.53 bits per heavy atom. The Labute approximate surface area is 235 Å². The number of phenols is 1. The topological polar surface area (TPSA) is 94.1 Å². The van der Waals surface area contributed by atoms with Gasteiger partial charge in [0, 0.05) is 40.9 Å². The number of phenolic OH excluding ortho intramolecular Hbond substituents is 1. The van der Waals surface area contributed by atoms with Crippen molar-refractivity contribution in [1.82, 2.24) is 5.32 Å². The molecule has 0 bridgehead atoms. The van der Waals surface area contributed by atoms with Crippen LogP contribution in [0.1, 0.15) is 56.6 Å². The Bertz CT molecular complexity index is 1290. The van der Waals surface area contributed by atoms with Crippen LogP contribution in [-0.2, 0) is 19.1 Å². The number of ketones is 1. The van der Waals surface area contributed by atoms with E-state index >= 15 is 0 Å². The number of aromatic hydroxyl groups is 1. The lowest BCUT2D eigenvalue weighted by molar-refractivity contribution is -0.140. The fourth-order valence-corrected chi connectivity index (χ4v) is 5.64. The van der Waals surface area contributed by atoms with Crippen LogP contribution in [0.15, 0.2) is 63.4 Å². The summed E-state index contributed by atoms with van der Waals surface area (Å²) in [6.07, 6.45) is 0.892. The van der Waals surface area contributed by atoms with E-state index in [0.29, 0.717) is 58.0 Å². The maximum atomic E-state index is 13.8. The highest BCUT2D eigenvalue weighted by molar-refractivity contribution is 9.10. The molecular formula is C29H31BrClNO6. The lowest BCUT2D eigenvalue weighted by Crippen LogP contribution is -2.36. The number of carbonyl (C=O) groups excluding carboxylic acids is 2. The number of dihydropyridines is 1. The zero-order chi connectivity index (χ0) is 27.4. The van der Waals surface area contributed by atoms with Crippen molar-refractivity contribution in [1.29, 1.82) is 0 Å². The van der Waals surface area contributed by atoms with Gasteiger partial charge < -0.3 is 24.6 Å². The molecule has 2 atom stereocenters. The van der Waals surface area contributed by atoms with Gasteiger partial charge in [0.2, 0.25) is 0 Å². The zero-order valence-corrected chi connectivity index (χ0v) is 23.9. The van der Waals surface area contributed by atoms with Crippen molar-refractivity contribution in [3.05, 3.63) is 79.6 Å². The van der Waals surface area contributed by atoms with Crippen molar-refractivity contribution < 1.29 is 28.9 Å². The molecule has 0 spiro atoms. The van der Waals surface area contributed by atoms with Gasteiger partial charge >= 0.3 is 5.97 Å². The maximum absolute atomic E-state index is 13.8. The fraction of sp³-hybridized carbons (Fsp3) is 0.379. The number of rotatable bonds is 9. The molecule has 0 radical (unpaired) electrons. The molecular weight excluding hydrogens is 574 g/mol. The van der Waals surface area contributed by atoms with E-state index in [4.69, 9.17) is 25.8 Å². The summed E-state index contributed by atoms with van der Waals surface area (Å²) in [6, 6.07) is 10.9. The molecule has 0 aromatic heterocycles. The van der Waals surface area contributed by atoms with Crippen LogP contribution in [0.25, 0.3) is 0 Å². The van der Waals surface area contributed by atoms with Gasteiger partial charge in [-0.15, -0.1) is 0 Å².